The Morgan fingerprint density at radius 3 is 2.51 bits per heavy atom. The molecule has 6 aromatic rings. The van der Waals surface area contributed by atoms with E-state index in [9.17, 15) is 9.59 Å². The predicted molar refractivity (Wildman–Crippen MR) is 199 cm³/mol. The number of morpholine rings is 1. The van der Waals surface area contributed by atoms with Gasteiger partial charge in [0, 0.05) is 63.9 Å². The van der Waals surface area contributed by atoms with Gasteiger partial charge in [0.1, 0.15) is 12.3 Å². The number of carbonyl (C=O) groups is 2. The van der Waals surface area contributed by atoms with Crippen LogP contribution in [0.1, 0.15) is 40.5 Å². The molecule has 1 unspecified atom stereocenters. The third-order valence-electron chi connectivity index (χ3n) is 10.2. The minimum absolute atomic E-state index is 0.0495. The van der Waals surface area contributed by atoms with Gasteiger partial charge in [-0.3, -0.25) is 9.59 Å². The van der Waals surface area contributed by atoms with Crippen molar-refractivity contribution in [3.05, 3.63) is 118 Å². The van der Waals surface area contributed by atoms with Gasteiger partial charge in [-0.2, -0.15) is 0 Å². The van der Waals surface area contributed by atoms with Gasteiger partial charge in [0.25, 0.3) is 5.91 Å². The van der Waals surface area contributed by atoms with E-state index in [1.807, 2.05) is 90.1 Å². The number of nitrogens with zero attached hydrogens (tertiary/aromatic N) is 5. The van der Waals surface area contributed by atoms with Crippen molar-refractivity contribution in [1.29, 1.82) is 0 Å². The van der Waals surface area contributed by atoms with E-state index in [0.29, 0.717) is 53.5 Å². The molecule has 12 heteroatoms. The summed E-state index contributed by atoms with van der Waals surface area (Å²) in [4.78, 5) is 44.3. The number of aromatic nitrogens is 4. The van der Waals surface area contributed by atoms with Crippen LogP contribution in [-0.2, 0) is 9.53 Å². The van der Waals surface area contributed by atoms with E-state index in [0.717, 1.165) is 57.4 Å². The van der Waals surface area contributed by atoms with E-state index >= 15 is 0 Å². The van der Waals surface area contributed by atoms with Gasteiger partial charge in [-0.15, -0.1) is 0 Å². The second kappa shape index (κ2) is 12.9. The molecule has 3 aromatic heterocycles. The average molecular weight is 719 g/mol. The summed E-state index contributed by atoms with van der Waals surface area (Å²) in [6, 6.07) is 25.3. The van der Waals surface area contributed by atoms with Gasteiger partial charge in [-0.05, 0) is 60.4 Å². The summed E-state index contributed by atoms with van der Waals surface area (Å²) < 4.78 is 7.46. The van der Waals surface area contributed by atoms with Gasteiger partial charge < -0.3 is 29.4 Å². The first kappa shape index (κ1) is 31.8. The van der Waals surface area contributed by atoms with Crippen LogP contribution in [0.2, 0.25) is 10.0 Å². The van der Waals surface area contributed by atoms with Crippen LogP contribution in [0.3, 0.4) is 0 Å². The van der Waals surface area contributed by atoms with Gasteiger partial charge in [0.2, 0.25) is 5.91 Å². The van der Waals surface area contributed by atoms with Crippen LogP contribution in [0.15, 0.2) is 91.4 Å². The minimum Gasteiger partial charge on any atom is -0.370 e. The van der Waals surface area contributed by atoms with E-state index in [-0.39, 0.29) is 30.5 Å². The number of piperidine rings is 1. The number of imidazole rings is 1. The standard InChI is InChI=1S/C39H33Cl2N7O3/c40-25-10-8-24(9-11-25)36-28-19-26(41)20-30-32(28)33(37-34(43-22-48(36)37)23-5-2-1-3-6-23)35(44-30)39(50)45-29-7-4-14-42-38(29)46-15-12-27(13-16-46)47-17-18-51-21-31(47)49/h1-11,14,19-20,22,27,36,44H,12-13,15-18,21H2,(H,45,50). The van der Waals surface area contributed by atoms with Crippen molar-refractivity contribution >= 4 is 57.4 Å². The van der Waals surface area contributed by atoms with Gasteiger partial charge in [-0.25, -0.2) is 9.97 Å². The molecule has 2 saturated heterocycles. The number of nitrogens with one attached hydrogen (secondary N) is 2. The molecule has 2 amide bonds. The van der Waals surface area contributed by atoms with E-state index in [4.69, 9.17) is 37.9 Å². The number of hydrogen-bond acceptors (Lipinski definition) is 6. The summed E-state index contributed by atoms with van der Waals surface area (Å²) in [5, 5.41) is 5.32. The number of benzene rings is 3. The molecule has 0 saturated carbocycles. The molecule has 0 spiro atoms. The molecule has 1 atom stereocenters. The van der Waals surface area contributed by atoms with E-state index in [1.54, 1.807) is 6.20 Å². The molecule has 6 heterocycles. The zero-order valence-electron chi connectivity index (χ0n) is 27.5. The molecule has 3 aromatic carbocycles. The lowest BCUT2D eigenvalue weighted by atomic mass is 9.88. The van der Waals surface area contributed by atoms with Crippen LogP contribution in [0.4, 0.5) is 11.5 Å². The fourth-order valence-electron chi connectivity index (χ4n) is 7.93. The number of hydrogen-bond donors (Lipinski definition) is 2. The van der Waals surface area contributed by atoms with E-state index in [1.165, 1.54) is 0 Å². The van der Waals surface area contributed by atoms with E-state index in [2.05, 4.69) is 19.8 Å². The molecule has 3 aliphatic rings. The fourth-order valence-corrected chi connectivity index (χ4v) is 8.29. The maximum atomic E-state index is 14.6. The zero-order chi connectivity index (χ0) is 34.6. The number of rotatable bonds is 6. The van der Waals surface area contributed by atoms with Gasteiger partial charge in [0.05, 0.1) is 36.1 Å². The Labute approximate surface area is 304 Å². The minimum atomic E-state index is -0.303. The van der Waals surface area contributed by atoms with Crippen molar-refractivity contribution in [2.24, 2.45) is 0 Å². The van der Waals surface area contributed by atoms with Crippen LogP contribution < -0.4 is 10.2 Å². The molecule has 2 fully saturated rings. The van der Waals surface area contributed by atoms with Crippen LogP contribution in [0, 0.1) is 0 Å². The normalized spacial score (nSPS) is 17.5. The second-order valence-electron chi connectivity index (χ2n) is 13.1. The van der Waals surface area contributed by atoms with Crippen LogP contribution in [0.5, 0.6) is 0 Å². The molecule has 3 aliphatic heterocycles. The monoisotopic (exact) mass is 717 g/mol. The number of H-pyrrole nitrogens is 1. The summed E-state index contributed by atoms with van der Waals surface area (Å²) in [7, 11) is 0. The average Bonchev–Trinajstić information content (AvgIpc) is 3.76. The van der Waals surface area contributed by atoms with Gasteiger partial charge in [0.15, 0.2) is 5.82 Å². The number of amides is 2. The Morgan fingerprint density at radius 2 is 1.73 bits per heavy atom. The molecule has 0 bridgehead atoms. The summed E-state index contributed by atoms with van der Waals surface area (Å²) in [5.74, 6) is 0.445. The lowest BCUT2D eigenvalue weighted by Crippen LogP contribution is -2.52. The topological polar surface area (TPSA) is 108 Å². The SMILES string of the molecule is O=C(Nc1cccnc1N1CCC(N2CCOCC2=O)CC1)c1[nH]c2cc(Cl)cc3c2c1-c1c(-c2ccccc2)ncn1C3c1ccc(Cl)cc1. The Kier molecular flexibility index (Phi) is 8.02. The van der Waals surface area contributed by atoms with Gasteiger partial charge in [-0.1, -0.05) is 65.7 Å². The van der Waals surface area contributed by atoms with Crippen LogP contribution >= 0.6 is 23.2 Å². The lowest BCUT2D eigenvalue weighted by Gasteiger charge is -2.40. The summed E-state index contributed by atoms with van der Waals surface area (Å²) in [5.41, 5.74) is 7.05. The van der Waals surface area contributed by atoms with Crippen molar-refractivity contribution < 1.29 is 14.3 Å². The molecule has 51 heavy (non-hydrogen) atoms. The number of fused-ring (bicyclic) bond motifs is 2. The molecule has 10 nitrogen and oxygen atoms in total. The highest BCUT2D eigenvalue weighted by Crippen LogP contribution is 2.50. The smallest absolute Gasteiger partial charge is 0.272 e. The summed E-state index contributed by atoms with van der Waals surface area (Å²) in [6.45, 7) is 2.76. The van der Waals surface area contributed by atoms with Crippen molar-refractivity contribution in [1.82, 2.24) is 24.4 Å². The molecule has 0 radical (unpaired) electrons. The number of carbonyl (C=O) groups excluding carboxylic acids is 2. The highest BCUT2D eigenvalue weighted by atomic mass is 35.5. The Hall–Kier alpha value is -5.16. The Bertz CT molecular complexity index is 2300. The Balaban J connectivity index is 1.11. The number of aromatic amines is 1. The maximum Gasteiger partial charge on any atom is 0.272 e. The van der Waals surface area contributed by atoms with Crippen LogP contribution in [-0.4, -0.2) is 75.1 Å². The first-order valence-corrected chi connectivity index (χ1v) is 17.8. The zero-order valence-corrected chi connectivity index (χ0v) is 29.0. The lowest BCUT2D eigenvalue weighted by molar-refractivity contribution is -0.146. The Morgan fingerprint density at radius 1 is 0.922 bits per heavy atom. The molecular formula is C39H33Cl2N7O3. The number of anilines is 2. The number of halogens is 2. The molecule has 256 valence electrons. The second-order valence-corrected chi connectivity index (χ2v) is 14.0. The van der Waals surface area contributed by atoms with Crippen molar-refractivity contribution in [2.45, 2.75) is 24.9 Å². The quantitative estimate of drug-likeness (QED) is 0.185. The molecule has 9 rings (SSSR count). The largest absolute Gasteiger partial charge is 0.370 e. The first-order chi connectivity index (χ1) is 24.9. The number of pyridine rings is 1. The maximum absolute atomic E-state index is 14.6. The fraction of sp³-hybridized carbons (Fsp3) is 0.231. The highest BCUT2D eigenvalue weighted by molar-refractivity contribution is 6.32. The highest BCUT2D eigenvalue weighted by Gasteiger charge is 2.36. The van der Waals surface area contributed by atoms with Crippen molar-refractivity contribution in [3.8, 4) is 22.5 Å². The van der Waals surface area contributed by atoms with Crippen molar-refractivity contribution in [2.75, 3.05) is 43.1 Å². The molecule has 2 N–H and O–H groups in total. The van der Waals surface area contributed by atoms with E-state index < -0.39 is 0 Å². The predicted octanol–water partition coefficient (Wildman–Crippen LogP) is 7.43. The van der Waals surface area contributed by atoms with Crippen molar-refractivity contribution in [3.63, 3.8) is 0 Å². The van der Waals surface area contributed by atoms with Gasteiger partial charge >= 0.3 is 0 Å². The summed E-state index contributed by atoms with van der Waals surface area (Å²) >= 11 is 13.1. The summed E-state index contributed by atoms with van der Waals surface area (Å²) in [6.07, 6.45) is 5.21. The third-order valence-corrected chi connectivity index (χ3v) is 10.7. The first-order valence-electron chi connectivity index (χ1n) is 17.1. The molecule has 0 aliphatic carbocycles. The van der Waals surface area contributed by atoms with Crippen LogP contribution in [0.25, 0.3) is 33.4 Å². The number of ether oxygens (including phenoxy) is 1. The molecular weight excluding hydrogens is 685 g/mol. The third kappa shape index (κ3) is 5.54.